The number of ether oxygens (including phenoxy) is 1. The van der Waals surface area contributed by atoms with Crippen molar-refractivity contribution in [2.45, 2.75) is 13.5 Å². The van der Waals surface area contributed by atoms with E-state index in [0.717, 1.165) is 28.3 Å². The van der Waals surface area contributed by atoms with Crippen molar-refractivity contribution in [1.29, 1.82) is 0 Å². The number of halogens is 3. The predicted octanol–water partition coefficient (Wildman–Crippen LogP) is 6.82. The molecule has 0 radical (unpaired) electrons. The SMILES string of the molecule is COc1ccc(N=c2scc(-c3ccc(F)cc3)n2N=Cc2c(C)nn(Cc3ccc(F)cc3)c2Cl)cc1. The van der Waals surface area contributed by atoms with Gasteiger partial charge in [0.15, 0.2) is 0 Å². The van der Waals surface area contributed by atoms with Crippen LogP contribution in [0.2, 0.25) is 5.15 Å². The second-order valence-corrected chi connectivity index (χ2v) is 9.55. The third-order valence-corrected chi connectivity index (χ3v) is 6.99. The average Bonchev–Trinajstić information content (AvgIpc) is 3.44. The van der Waals surface area contributed by atoms with Gasteiger partial charge in [-0.15, -0.1) is 11.3 Å². The molecule has 0 unspecified atom stereocenters. The monoisotopic (exact) mass is 549 g/mol. The van der Waals surface area contributed by atoms with Crippen molar-refractivity contribution in [2.24, 2.45) is 10.1 Å². The van der Waals surface area contributed by atoms with Crippen LogP contribution in [0, 0.1) is 18.6 Å². The number of aryl methyl sites for hydroxylation is 1. The van der Waals surface area contributed by atoms with E-state index in [1.165, 1.54) is 35.6 Å². The number of hydrogen-bond acceptors (Lipinski definition) is 5. The van der Waals surface area contributed by atoms with Crippen LogP contribution in [-0.4, -0.2) is 27.8 Å². The highest BCUT2D eigenvalue weighted by atomic mass is 35.5. The molecule has 0 saturated carbocycles. The van der Waals surface area contributed by atoms with Crippen molar-refractivity contribution in [3.63, 3.8) is 0 Å². The van der Waals surface area contributed by atoms with Gasteiger partial charge in [-0.1, -0.05) is 23.7 Å². The first kappa shape index (κ1) is 25.6. The van der Waals surface area contributed by atoms with Gasteiger partial charge in [0.1, 0.15) is 22.5 Å². The van der Waals surface area contributed by atoms with E-state index in [-0.39, 0.29) is 11.6 Å². The van der Waals surface area contributed by atoms with E-state index in [1.807, 2.05) is 36.6 Å². The fraction of sp³-hybridized carbons (Fsp3) is 0.107. The van der Waals surface area contributed by atoms with E-state index in [0.29, 0.717) is 27.8 Å². The van der Waals surface area contributed by atoms with Crippen molar-refractivity contribution in [2.75, 3.05) is 7.11 Å². The first-order valence-electron chi connectivity index (χ1n) is 11.6. The summed E-state index contributed by atoms with van der Waals surface area (Å²) in [7, 11) is 1.61. The van der Waals surface area contributed by atoms with Crippen LogP contribution < -0.4 is 9.54 Å². The summed E-state index contributed by atoms with van der Waals surface area (Å²) in [6.07, 6.45) is 1.64. The normalized spacial score (nSPS) is 12.0. The van der Waals surface area contributed by atoms with Crippen LogP contribution in [0.3, 0.4) is 0 Å². The zero-order chi connectivity index (χ0) is 26.6. The van der Waals surface area contributed by atoms with Gasteiger partial charge in [0, 0.05) is 10.9 Å². The molecule has 0 spiro atoms. The van der Waals surface area contributed by atoms with Gasteiger partial charge in [-0.2, -0.15) is 10.2 Å². The molecule has 0 N–H and O–H groups in total. The van der Waals surface area contributed by atoms with E-state index < -0.39 is 0 Å². The Kier molecular flexibility index (Phi) is 7.48. The number of rotatable bonds is 7. The zero-order valence-corrected chi connectivity index (χ0v) is 22.0. The second kappa shape index (κ2) is 11.1. The van der Waals surface area contributed by atoms with Gasteiger partial charge in [0.2, 0.25) is 4.80 Å². The molecule has 0 bridgehead atoms. The van der Waals surface area contributed by atoms with Crippen LogP contribution in [0.1, 0.15) is 16.8 Å². The van der Waals surface area contributed by atoms with Gasteiger partial charge in [-0.25, -0.2) is 23.1 Å². The average molecular weight is 550 g/mol. The summed E-state index contributed by atoms with van der Waals surface area (Å²) >= 11 is 8.08. The molecule has 2 heterocycles. The molecule has 10 heteroatoms. The minimum atomic E-state index is -0.321. The highest BCUT2D eigenvalue weighted by Crippen LogP contribution is 2.24. The number of methoxy groups -OCH3 is 1. The molecule has 0 fully saturated rings. The maximum Gasteiger partial charge on any atom is 0.211 e. The van der Waals surface area contributed by atoms with Gasteiger partial charge in [0.25, 0.3) is 0 Å². The molecule has 0 atom stereocenters. The Morgan fingerprint density at radius 2 is 1.63 bits per heavy atom. The Morgan fingerprint density at radius 1 is 0.974 bits per heavy atom. The number of hydrogen-bond donors (Lipinski definition) is 0. The van der Waals surface area contributed by atoms with E-state index in [1.54, 1.807) is 46.9 Å². The highest BCUT2D eigenvalue weighted by molar-refractivity contribution is 7.07. The Bertz CT molecular complexity index is 1650. The van der Waals surface area contributed by atoms with Crippen LogP contribution in [0.25, 0.3) is 11.3 Å². The smallest absolute Gasteiger partial charge is 0.211 e. The summed E-state index contributed by atoms with van der Waals surface area (Å²) in [6, 6.07) is 19.8. The largest absolute Gasteiger partial charge is 0.497 e. The zero-order valence-electron chi connectivity index (χ0n) is 20.5. The maximum atomic E-state index is 13.6. The van der Waals surface area contributed by atoms with Crippen molar-refractivity contribution >= 4 is 34.8 Å². The molecule has 3 aromatic carbocycles. The maximum absolute atomic E-state index is 13.6. The first-order valence-corrected chi connectivity index (χ1v) is 12.8. The molecule has 0 aliphatic rings. The lowest BCUT2D eigenvalue weighted by Crippen LogP contribution is -2.11. The number of thiazole rings is 1. The van der Waals surface area contributed by atoms with Crippen LogP contribution in [0.15, 0.2) is 88.3 Å². The third kappa shape index (κ3) is 5.58. The van der Waals surface area contributed by atoms with E-state index >= 15 is 0 Å². The summed E-state index contributed by atoms with van der Waals surface area (Å²) in [4.78, 5) is 5.37. The molecular formula is C28H22ClF2N5OS. The van der Waals surface area contributed by atoms with Crippen LogP contribution in [0.4, 0.5) is 14.5 Å². The molecule has 0 aliphatic heterocycles. The predicted molar refractivity (Wildman–Crippen MR) is 146 cm³/mol. The number of aromatic nitrogens is 3. The molecule has 6 nitrogen and oxygen atoms in total. The van der Waals surface area contributed by atoms with Crippen LogP contribution in [-0.2, 0) is 6.54 Å². The van der Waals surface area contributed by atoms with Gasteiger partial charge >= 0.3 is 0 Å². The molecule has 2 aromatic heterocycles. The van der Waals surface area contributed by atoms with Gasteiger partial charge < -0.3 is 4.74 Å². The lowest BCUT2D eigenvalue weighted by atomic mass is 10.2. The summed E-state index contributed by atoms with van der Waals surface area (Å²) in [5.74, 6) is 0.110. The minimum absolute atomic E-state index is 0.301. The Balaban J connectivity index is 1.54. The fourth-order valence-electron chi connectivity index (χ4n) is 3.77. The third-order valence-electron chi connectivity index (χ3n) is 5.78. The highest BCUT2D eigenvalue weighted by Gasteiger charge is 2.14. The summed E-state index contributed by atoms with van der Waals surface area (Å²) in [5, 5.41) is 11.6. The number of benzene rings is 3. The van der Waals surface area contributed by atoms with E-state index in [2.05, 4.69) is 5.10 Å². The lowest BCUT2D eigenvalue weighted by molar-refractivity contribution is 0.415. The molecule has 5 aromatic rings. The molecule has 0 aliphatic carbocycles. The van der Waals surface area contributed by atoms with E-state index in [4.69, 9.17) is 26.4 Å². The molecule has 192 valence electrons. The quantitative estimate of drug-likeness (QED) is 0.209. The standard InChI is InChI=1S/C28H22ClF2N5OS/c1-18-25(27(29)35(34-18)16-19-3-7-21(30)8-4-19)15-32-36-26(20-5-9-22(31)10-6-20)17-38-28(36)33-23-11-13-24(37-2)14-12-23/h3-15,17H,16H2,1-2H3. The second-order valence-electron chi connectivity index (χ2n) is 8.35. The van der Waals surface area contributed by atoms with Crippen molar-refractivity contribution in [1.82, 2.24) is 14.5 Å². The molecular weight excluding hydrogens is 528 g/mol. The van der Waals surface area contributed by atoms with Crippen molar-refractivity contribution in [3.05, 3.63) is 117 Å². The van der Waals surface area contributed by atoms with Crippen LogP contribution >= 0.6 is 22.9 Å². The summed E-state index contributed by atoms with van der Waals surface area (Å²) in [5.41, 5.74) is 4.45. The fourth-order valence-corrected chi connectivity index (χ4v) is 4.91. The van der Waals surface area contributed by atoms with Crippen molar-refractivity contribution in [3.8, 4) is 17.0 Å². The number of nitrogens with zero attached hydrogens (tertiary/aromatic N) is 5. The molecule has 5 rings (SSSR count). The van der Waals surface area contributed by atoms with Gasteiger partial charge in [-0.05, 0) is 73.2 Å². The van der Waals surface area contributed by atoms with Gasteiger partial charge in [-0.3, -0.25) is 0 Å². The summed E-state index contributed by atoms with van der Waals surface area (Å²) in [6.45, 7) is 2.23. The molecule has 0 amide bonds. The van der Waals surface area contributed by atoms with E-state index in [9.17, 15) is 8.78 Å². The molecule has 38 heavy (non-hydrogen) atoms. The van der Waals surface area contributed by atoms with Crippen molar-refractivity contribution < 1.29 is 13.5 Å². The Morgan fingerprint density at radius 3 is 2.29 bits per heavy atom. The molecule has 0 saturated heterocycles. The van der Waals surface area contributed by atoms with Gasteiger partial charge in [0.05, 0.1) is 42.5 Å². The van der Waals surface area contributed by atoms with Crippen LogP contribution in [0.5, 0.6) is 5.75 Å². The topological polar surface area (TPSA) is 56.7 Å². The Labute approximate surface area is 226 Å². The minimum Gasteiger partial charge on any atom is -0.497 e. The summed E-state index contributed by atoms with van der Waals surface area (Å²) < 4.78 is 35.4. The first-order chi connectivity index (χ1) is 18.4. The Hall–Kier alpha value is -4.08. The lowest BCUT2D eigenvalue weighted by Gasteiger charge is -2.05.